The van der Waals surface area contributed by atoms with Crippen molar-refractivity contribution in [2.75, 3.05) is 104 Å². The van der Waals surface area contributed by atoms with Crippen molar-refractivity contribution in [3.8, 4) is 0 Å². The number of aromatic nitrogens is 3. The molecule has 5 aromatic rings. The summed E-state index contributed by atoms with van der Waals surface area (Å²) >= 11 is 0. The second kappa shape index (κ2) is 48.5. The monoisotopic (exact) mass is 1640 g/mol. The molecule has 616 valence electrons. The zero-order chi connectivity index (χ0) is 82.7. The number of carbonyl (C=O) groups excluding carboxylic acids is 14. The van der Waals surface area contributed by atoms with E-state index >= 15 is 0 Å². The largest absolute Gasteiger partial charge is 3.00 e. The molecule has 3 heterocycles. The van der Waals surface area contributed by atoms with E-state index in [1.807, 2.05) is 0 Å². The van der Waals surface area contributed by atoms with Crippen LogP contribution in [0.3, 0.4) is 0 Å². The third-order valence-corrected chi connectivity index (χ3v) is 18.4. The van der Waals surface area contributed by atoms with Gasteiger partial charge in [-0.15, -0.1) is 0 Å². The van der Waals surface area contributed by atoms with Crippen LogP contribution in [0.15, 0.2) is 97.6 Å². The molecule has 1 saturated heterocycles. The number of imidazole rings is 1. The summed E-state index contributed by atoms with van der Waals surface area (Å²) in [6.45, 7) is 10.7. The van der Waals surface area contributed by atoms with E-state index in [1.165, 1.54) is 24.3 Å². The number of H-pyrrole nitrogens is 2. The Kier molecular flexibility index (Phi) is 40.0. The molecule has 0 unspecified atom stereocenters. The second-order valence-electron chi connectivity index (χ2n) is 29.3. The zero-order valence-electron chi connectivity index (χ0n) is 65.5. The van der Waals surface area contributed by atoms with Gasteiger partial charge in [-0.2, -0.15) is 0 Å². The predicted octanol–water partition coefficient (Wildman–Crippen LogP) is -5.18. The number of aliphatic carboxylic acids is 3. The second-order valence-corrected chi connectivity index (χ2v) is 29.3. The van der Waals surface area contributed by atoms with Crippen LogP contribution in [0.4, 0.5) is 5.69 Å². The number of nitrogens with one attached hydrogen (secondary N) is 12. The number of anilines is 1. The number of ether oxygens (including phenoxy) is 1. The first-order valence-electron chi connectivity index (χ1n) is 37.7. The van der Waals surface area contributed by atoms with Gasteiger partial charge in [-0.3, -0.25) is 72.3 Å². The van der Waals surface area contributed by atoms with Gasteiger partial charge in [0.1, 0.15) is 49.5 Å². The van der Waals surface area contributed by atoms with Crippen molar-refractivity contribution in [3.63, 3.8) is 0 Å². The number of carboxylic acids is 3. The molecule has 3 aromatic carbocycles. The first kappa shape index (κ1) is 94.0. The molecular weight excluding hydrogens is 1530 g/mol. The van der Waals surface area contributed by atoms with Crippen molar-refractivity contribution in [2.45, 2.75) is 142 Å². The van der Waals surface area contributed by atoms with E-state index in [2.05, 4.69) is 95.8 Å². The molecule has 37 heteroatoms. The SMILES string of the molecule is CC(C)CC(CC(C)C)NC(=O)[C@H](Cc1cnc[nH]1)NC(=O)CNC(=O)[C@@H](NC(=O)[C@H](C)NC(=O)[C@H](Cc1c[nH]c2ccccc12)NC(=O)[C@H](CCC(N)=O)NC(=O)[C@@H](Cc1ccccc1)NC(=O)COCC(=O)Nc1ccc(CNC(=O)CN2CCN(CC(=O)[O-])CCN(CC(=O)[O-])CCN(CC(=O)[O-])CC2)cc1)C(C)C.[Ga+3]. The van der Waals surface area contributed by atoms with E-state index in [9.17, 15) is 82.4 Å². The van der Waals surface area contributed by atoms with Gasteiger partial charge in [0.2, 0.25) is 65.0 Å². The van der Waals surface area contributed by atoms with Gasteiger partial charge in [-0.25, -0.2) is 4.98 Å². The quantitative estimate of drug-likeness (QED) is 0.0162. The molecule has 2 aromatic heterocycles. The molecule has 0 bridgehead atoms. The molecule has 0 spiro atoms. The average Bonchev–Trinajstić information content (AvgIpc) is 1.66. The van der Waals surface area contributed by atoms with Gasteiger partial charge >= 0.3 is 19.8 Å². The molecule has 0 aliphatic carbocycles. The van der Waals surface area contributed by atoms with Gasteiger partial charge in [0.25, 0.3) is 0 Å². The maximum Gasteiger partial charge on any atom is 3.00 e. The minimum absolute atomic E-state index is 0. The van der Waals surface area contributed by atoms with Crippen molar-refractivity contribution in [3.05, 3.63) is 120 Å². The normalized spacial score (nSPS) is 14.9. The van der Waals surface area contributed by atoms with E-state index < -0.39 is 171 Å². The summed E-state index contributed by atoms with van der Waals surface area (Å²) in [5.41, 5.74) is 8.94. The minimum Gasteiger partial charge on any atom is -0.549 e. The number of benzene rings is 3. The third kappa shape index (κ3) is 34.8. The Morgan fingerprint density at radius 2 is 1.01 bits per heavy atom. The summed E-state index contributed by atoms with van der Waals surface area (Å²) in [6.07, 6.45) is 4.99. The zero-order valence-corrected chi connectivity index (χ0v) is 67.9. The van der Waals surface area contributed by atoms with Crippen LogP contribution >= 0.6 is 0 Å². The fourth-order valence-corrected chi connectivity index (χ4v) is 12.7. The van der Waals surface area contributed by atoms with Crippen LogP contribution in [0.25, 0.3) is 10.9 Å². The predicted molar refractivity (Wildman–Crippen MR) is 413 cm³/mol. The number of hydrogen-bond donors (Lipinski definition) is 13. The van der Waals surface area contributed by atoms with Crippen LogP contribution in [-0.4, -0.2) is 278 Å². The number of fused-ring (bicyclic) bond motifs is 1. The molecule has 11 amide bonds. The summed E-state index contributed by atoms with van der Waals surface area (Å²) in [5, 5.41) is 62.3. The van der Waals surface area contributed by atoms with Crippen molar-refractivity contribution < 1.29 is 87.2 Å². The standard InChI is InChI=1S/C77H110N18O18.Ga/c1-47(2)31-55(32-48(3)4)86-75(110)62(35-56-38-79-46-83-56)87-64(97)39-82-77(112)71(49(5)6)91-72(107)50(7)84-74(109)61(34-53-37-80-58-16-12-11-15-57(53)58)90-73(108)59(21-22-63(78)96)89-76(111)60(33-51-13-9-8-10-14-51)88-67(100)45-113-44-66(99)85-54-19-17-52(18-20-54)36-81-65(98)40-92-23-25-93(41-68(101)102)27-29-95(43-70(105)106)30-28-94(26-24-92)42-69(103)104;/h8-20,37-38,46-50,55,59-62,71,80H,21-36,39-45H2,1-7H3,(H2,78,96)(H,79,83)(H,81,98)(H,82,112)(H,84,109)(H,85,99)(H,86,110)(H,87,97)(H,88,100)(H,89,111)(H,90,108)(H,91,107)(H,101,102)(H,103,104)(H,105,106);/q;+3/p-3/t50-,59-,60+,61-,62-,71-;/m0./s1. The van der Waals surface area contributed by atoms with Crippen LogP contribution in [-0.2, 0) is 97.7 Å². The summed E-state index contributed by atoms with van der Waals surface area (Å²) in [7, 11) is 0. The van der Waals surface area contributed by atoms with Crippen LogP contribution in [0.1, 0.15) is 96.5 Å². The summed E-state index contributed by atoms with van der Waals surface area (Å²) in [4.78, 5) is 202. The molecule has 14 N–H and O–H groups in total. The Hall–Kier alpha value is -10.6. The van der Waals surface area contributed by atoms with E-state index in [-0.39, 0.29) is 129 Å². The van der Waals surface area contributed by atoms with Gasteiger partial charge in [0, 0.05) is 145 Å². The number of aromatic amines is 2. The van der Waals surface area contributed by atoms with Gasteiger partial charge in [-0.1, -0.05) is 102 Å². The Labute approximate surface area is 674 Å². The average molecular weight is 1640 g/mol. The smallest absolute Gasteiger partial charge is 0.549 e. The number of nitrogens with zero attached hydrogens (tertiary/aromatic N) is 5. The molecule has 1 aliphatic rings. The van der Waals surface area contributed by atoms with Crippen molar-refractivity contribution in [1.82, 2.24) is 82.4 Å². The Morgan fingerprint density at radius 3 is 1.56 bits per heavy atom. The number of nitrogens with two attached hydrogens (primary N) is 1. The number of amides is 11. The first-order valence-corrected chi connectivity index (χ1v) is 37.7. The molecule has 0 radical (unpaired) electrons. The maximum absolute atomic E-state index is 14.7. The number of primary amides is 1. The fraction of sp³-hybridized carbons (Fsp3) is 0.519. The number of carboxylic acid groups (broad SMARTS) is 3. The molecule has 6 rings (SSSR count). The Morgan fingerprint density at radius 1 is 0.500 bits per heavy atom. The van der Waals surface area contributed by atoms with Crippen LogP contribution < -0.4 is 74.2 Å². The molecule has 1 aliphatic heterocycles. The molecule has 36 nitrogen and oxygen atoms in total. The summed E-state index contributed by atoms with van der Waals surface area (Å²) in [5.74, 6) is -12.2. The number of para-hydroxylation sites is 1. The third-order valence-electron chi connectivity index (χ3n) is 18.4. The first-order chi connectivity index (χ1) is 53.7. The molecule has 6 atom stereocenters. The minimum atomic E-state index is -1.58. The Bertz CT molecular complexity index is 3960. The van der Waals surface area contributed by atoms with E-state index in [1.54, 1.807) is 114 Å². The molecule has 114 heavy (non-hydrogen) atoms. The van der Waals surface area contributed by atoms with Crippen molar-refractivity contribution in [2.24, 2.45) is 23.5 Å². The Balaban J connectivity index is 0.0000232. The maximum atomic E-state index is 14.7. The van der Waals surface area contributed by atoms with Crippen molar-refractivity contribution in [1.29, 1.82) is 0 Å². The van der Waals surface area contributed by atoms with Crippen LogP contribution in [0.2, 0.25) is 0 Å². The van der Waals surface area contributed by atoms with Gasteiger partial charge in [0.05, 0.1) is 37.3 Å². The number of carbonyl (C=O) groups is 14. The van der Waals surface area contributed by atoms with E-state index in [4.69, 9.17) is 10.5 Å². The molecular formula is C77H107GaN18O18. The number of hydrogen-bond acceptors (Lipinski definition) is 23. The van der Waals surface area contributed by atoms with Gasteiger partial charge in [0.15, 0.2) is 0 Å². The summed E-state index contributed by atoms with van der Waals surface area (Å²) in [6, 6.07) is 13.7. The van der Waals surface area contributed by atoms with Gasteiger partial charge < -0.3 is 103 Å². The number of rotatable bonds is 44. The summed E-state index contributed by atoms with van der Waals surface area (Å²) < 4.78 is 5.47. The van der Waals surface area contributed by atoms with E-state index in [0.717, 1.165) is 0 Å². The molecule has 1 fully saturated rings. The molecule has 0 saturated carbocycles. The van der Waals surface area contributed by atoms with Crippen LogP contribution in [0, 0.1) is 17.8 Å². The topological polar surface area (TPSA) is 521 Å². The van der Waals surface area contributed by atoms with E-state index in [0.29, 0.717) is 51.8 Å². The van der Waals surface area contributed by atoms with Crippen LogP contribution in [0.5, 0.6) is 0 Å². The van der Waals surface area contributed by atoms with Gasteiger partial charge in [-0.05, 0) is 78.8 Å². The van der Waals surface area contributed by atoms with Crippen molar-refractivity contribution >= 4 is 119 Å². The fourth-order valence-electron chi connectivity index (χ4n) is 12.7.